The first-order chi connectivity index (χ1) is 14.3. The van der Waals surface area contributed by atoms with Gasteiger partial charge in [0.15, 0.2) is 0 Å². The van der Waals surface area contributed by atoms with Crippen LogP contribution in [-0.2, 0) is 19.6 Å². The predicted molar refractivity (Wildman–Crippen MR) is 118 cm³/mol. The van der Waals surface area contributed by atoms with Gasteiger partial charge in [0.05, 0.1) is 23.2 Å². The number of rotatable bonds is 6. The Balaban J connectivity index is 1.53. The fraction of sp³-hybridized carbons (Fsp3) is 0.154. The maximum absolute atomic E-state index is 9.79. The van der Waals surface area contributed by atoms with Gasteiger partial charge in [-0.1, -0.05) is 55.5 Å². The molecule has 144 valence electrons. The van der Waals surface area contributed by atoms with Crippen LogP contribution in [0.2, 0.25) is 0 Å². The SMILES string of the molecule is CCc1c(-c2ccc(OCc3ccccc3)cc2)c2cc(CO)c3cccc1n32. The summed E-state index contributed by atoms with van der Waals surface area (Å²) in [5.41, 5.74) is 9.36. The third-order valence-corrected chi connectivity index (χ3v) is 5.65. The van der Waals surface area contributed by atoms with Crippen molar-refractivity contribution >= 4 is 16.6 Å². The monoisotopic (exact) mass is 381 g/mol. The molecule has 0 atom stereocenters. The Morgan fingerprint density at radius 3 is 2.31 bits per heavy atom. The third-order valence-electron chi connectivity index (χ3n) is 5.65. The molecule has 1 N–H and O–H groups in total. The summed E-state index contributed by atoms with van der Waals surface area (Å²) in [5.74, 6) is 0.864. The van der Waals surface area contributed by atoms with E-state index in [9.17, 15) is 5.11 Å². The molecule has 0 aliphatic carbocycles. The zero-order chi connectivity index (χ0) is 19.8. The van der Waals surface area contributed by atoms with Crippen molar-refractivity contribution in [3.05, 3.63) is 95.6 Å². The van der Waals surface area contributed by atoms with Crippen LogP contribution in [0, 0.1) is 0 Å². The molecule has 3 nitrogen and oxygen atoms in total. The zero-order valence-electron chi connectivity index (χ0n) is 16.4. The number of hydrogen-bond acceptors (Lipinski definition) is 2. The van der Waals surface area contributed by atoms with E-state index in [-0.39, 0.29) is 6.61 Å². The van der Waals surface area contributed by atoms with Crippen molar-refractivity contribution in [1.29, 1.82) is 0 Å². The van der Waals surface area contributed by atoms with Crippen molar-refractivity contribution in [2.75, 3.05) is 0 Å². The highest BCUT2D eigenvalue weighted by molar-refractivity contribution is 5.96. The van der Waals surface area contributed by atoms with E-state index in [4.69, 9.17) is 4.74 Å². The van der Waals surface area contributed by atoms with Crippen molar-refractivity contribution in [2.45, 2.75) is 26.6 Å². The molecular weight excluding hydrogens is 358 g/mol. The van der Waals surface area contributed by atoms with Crippen molar-refractivity contribution in [3.8, 4) is 16.9 Å². The molecule has 29 heavy (non-hydrogen) atoms. The summed E-state index contributed by atoms with van der Waals surface area (Å²) >= 11 is 0. The van der Waals surface area contributed by atoms with Gasteiger partial charge >= 0.3 is 0 Å². The Morgan fingerprint density at radius 2 is 1.59 bits per heavy atom. The molecule has 3 heteroatoms. The van der Waals surface area contributed by atoms with E-state index < -0.39 is 0 Å². The number of aliphatic hydroxyl groups is 1. The number of aryl methyl sites for hydroxylation is 1. The van der Waals surface area contributed by atoms with Crippen LogP contribution in [0.4, 0.5) is 0 Å². The van der Waals surface area contributed by atoms with E-state index in [1.54, 1.807) is 0 Å². The Bertz CT molecular complexity index is 1250. The van der Waals surface area contributed by atoms with E-state index in [1.165, 1.54) is 22.2 Å². The van der Waals surface area contributed by atoms with Gasteiger partial charge in [0.2, 0.25) is 0 Å². The minimum atomic E-state index is 0.0496. The fourth-order valence-electron chi connectivity index (χ4n) is 4.29. The zero-order valence-corrected chi connectivity index (χ0v) is 16.4. The number of benzene rings is 2. The Morgan fingerprint density at radius 1 is 0.828 bits per heavy atom. The van der Waals surface area contributed by atoms with Gasteiger partial charge in [0.25, 0.3) is 0 Å². The van der Waals surface area contributed by atoms with Gasteiger partial charge in [-0.15, -0.1) is 0 Å². The number of hydrogen-bond donors (Lipinski definition) is 1. The summed E-state index contributed by atoms with van der Waals surface area (Å²) in [6.45, 7) is 2.81. The molecule has 3 aromatic heterocycles. The van der Waals surface area contributed by atoms with Crippen LogP contribution in [0.1, 0.15) is 23.6 Å². The van der Waals surface area contributed by atoms with Crippen molar-refractivity contribution < 1.29 is 9.84 Å². The van der Waals surface area contributed by atoms with E-state index in [1.807, 2.05) is 30.3 Å². The lowest BCUT2D eigenvalue weighted by molar-refractivity contribution is 0.283. The summed E-state index contributed by atoms with van der Waals surface area (Å²) < 4.78 is 8.23. The smallest absolute Gasteiger partial charge is 0.119 e. The number of nitrogens with zero attached hydrogens (tertiary/aromatic N) is 1. The van der Waals surface area contributed by atoms with Gasteiger partial charge in [-0.2, -0.15) is 0 Å². The molecule has 0 unspecified atom stereocenters. The van der Waals surface area contributed by atoms with Gasteiger partial charge in [-0.05, 0) is 53.4 Å². The lowest BCUT2D eigenvalue weighted by atomic mass is 9.99. The summed E-state index contributed by atoms with van der Waals surface area (Å²) in [6, 6.07) is 27.0. The standard InChI is InChI=1S/C26H23NO2/c1-2-22-24-10-6-9-23-20(16-28)15-25(27(23)24)26(22)19-11-13-21(14-12-19)29-17-18-7-4-3-5-8-18/h3-15,28H,2,16-17H2,1H3. The van der Waals surface area contributed by atoms with Gasteiger partial charge in [0, 0.05) is 11.1 Å². The molecule has 0 amide bonds. The van der Waals surface area contributed by atoms with Crippen LogP contribution in [0.25, 0.3) is 27.7 Å². The first-order valence-corrected chi connectivity index (χ1v) is 10.1. The molecule has 0 saturated heterocycles. The van der Waals surface area contributed by atoms with Crippen LogP contribution in [0.3, 0.4) is 0 Å². The first kappa shape index (κ1) is 17.8. The summed E-state index contributed by atoms with van der Waals surface area (Å²) in [5, 5.41) is 9.79. The molecule has 5 rings (SSSR count). The summed E-state index contributed by atoms with van der Waals surface area (Å²) in [4.78, 5) is 0. The molecular formula is C26H23NO2. The molecule has 5 aromatic rings. The highest BCUT2D eigenvalue weighted by Crippen LogP contribution is 2.39. The number of aliphatic hydroxyl groups excluding tert-OH is 1. The average molecular weight is 381 g/mol. The average Bonchev–Trinajstić information content (AvgIpc) is 3.31. The largest absolute Gasteiger partial charge is 0.489 e. The highest BCUT2D eigenvalue weighted by Gasteiger charge is 2.19. The maximum atomic E-state index is 9.79. The highest BCUT2D eigenvalue weighted by atomic mass is 16.5. The van der Waals surface area contributed by atoms with Crippen LogP contribution >= 0.6 is 0 Å². The van der Waals surface area contributed by atoms with Gasteiger partial charge < -0.3 is 14.2 Å². The number of ether oxygens (including phenoxy) is 1. The number of aromatic nitrogens is 1. The van der Waals surface area contributed by atoms with Crippen molar-refractivity contribution in [1.82, 2.24) is 4.40 Å². The number of pyridine rings is 1. The van der Waals surface area contributed by atoms with E-state index in [0.29, 0.717) is 6.61 Å². The van der Waals surface area contributed by atoms with E-state index in [2.05, 4.69) is 59.9 Å². The second-order valence-electron chi connectivity index (χ2n) is 7.35. The molecule has 0 saturated carbocycles. The first-order valence-electron chi connectivity index (χ1n) is 10.1. The van der Waals surface area contributed by atoms with Crippen LogP contribution in [0.15, 0.2) is 78.9 Å². The minimum absolute atomic E-state index is 0.0496. The summed E-state index contributed by atoms with van der Waals surface area (Å²) in [6.07, 6.45) is 0.955. The quantitative estimate of drug-likeness (QED) is 0.401. The minimum Gasteiger partial charge on any atom is -0.489 e. The second-order valence-corrected chi connectivity index (χ2v) is 7.35. The molecule has 0 aliphatic heterocycles. The van der Waals surface area contributed by atoms with Crippen LogP contribution in [-0.4, -0.2) is 9.51 Å². The Labute approximate surface area is 170 Å². The van der Waals surface area contributed by atoms with E-state index >= 15 is 0 Å². The molecule has 2 aromatic carbocycles. The topological polar surface area (TPSA) is 33.9 Å². The van der Waals surface area contributed by atoms with Crippen LogP contribution < -0.4 is 4.74 Å². The lowest BCUT2D eigenvalue weighted by Crippen LogP contribution is -1.94. The molecule has 0 bridgehead atoms. The van der Waals surface area contributed by atoms with Gasteiger partial charge in [-0.25, -0.2) is 0 Å². The van der Waals surface area contributed by atoms with E-state index in [0.717, 1.165) is 34.3 Å². The Kier molecular flexibility index (Phi) is 4.45. The molecule has 0 aliphatic rings. The maximum Gasteiger partial charge on any atom is 0.119 e. The van der Waals surface area contributed by atoms with Gasteiger partial charge in [-0.3, -0.25) is 0 Å². The molecule has 3 heterocycles. The summed E-state index contributed by atoms with van der Waals surface area (Å²) in [7, 11) is 0. The second kappa shape index (κ2) is 7.26. The van der Waals surface area contributed by atoms with Crippen LogP contribution in [0.5, 0.6) is 5.75 Å². The lowest BCUT2D eigenvalue weighted by Gasteiger charge is -2.08. The molecule has 0 radical (unpaired) electrons. The fourth-order valence-corrected chi connectivity index (χ4v) is 4.29. The predicted octanol–water partition coefficient (Wildman–Crippen LogP) is 5.83. The Hall–Kier alpha value is -3.30. The molecule has 0 fully saturated rings. The van der Waals surface area contributed by atoms with Gasteiger partial charge in [0.1, 0.15) is 12.4 Å². The normalized spacial score (nSPS) is 11.5. The van der Waals surface area contributed by atoms with Crippen molar-refractivity contribution in [3.63, 3.8) is 0 Å². The molecule has 0 spiro atoms. The van der Waals surface area contributed by atoms with Crippen molar-refractivity contribution in [2.24, 2.45) is 0 Å². The third kappa shape index (κ3) is 2.95.